The van der Waals surface area contributed by atoms with Crippen molar-refractivity contribution in [2.75, 3.05) is 26.7 Å². The lowest BCUT2D eigenvalue weighted by atomic mass is 9.82. The highest BCUT2D eigenvalue weighted by Crippen LogP contribution is 2.29. The predicted molar refractivity (Wildman–Crippen MR) is 53.1 cm³/mol. The second-order valence-electron chi connectivity index (χ2n) is 4.99. The Balaban J connectivity index is 2.32. The molecule has 1 aliphatic heterocycles. The first-order valence-electron chi connectivity index (χ1n) is 4.92. The van der Waals surface area contributed by atoms with E-state index in [1.807, 2.05) is 0 Å². The van der Waals surface area contributed by atoms with Crippen molar-refractivity contribution in [1.82, 2.24) is 4.90 Å². The maximum absolute atomic E-state index is 5.71. The van der Waals surface area contributed by atoms with E-state index in [1.54, 1.807) is 0 Å². The van der Waals surface area contributed by atoms with E-state index in [0.717, 1.165) is 12.5 Å². The first-order chi connectivity index (χ1) is 5.53. The highest BCUT2D eigenvalue weighted by molar-refractivity contribution is 4.80. The van der Waals surface area contributed by atoms with Gasteiger partial charge in [0.1, 0.15) is 0 Å². The number of nitrogens with zero attached hydrogens (tertiary/aromatic N) is 1. The molecule has 0 saturated carbocycles. The Kier molecular flexibility index (Phi) is 3.13. The Morgan fingerprint density at radius 3 is 2.58 bits per heavy atom. The standard InChI is InChI=1S/C10H22N2/c1-10(2,8-11)6-9-4-5-12(3)7-9/h9H,4-8,11H2,1-3H3. The molecule has 2 nitrogen and oxygen atoms in total. The lowest BCUT2D eigenvalue weighted by Gasteiger charge is -2.25. The van der Waals surface area contributed by atoms with Crippen molar-refractivity contribution in [3.63, 3.8) is 0 Å². The number of nitrogens with two attached hydrogens (primary N) is 1. The molecule has 1 heterocycles. The van der Waals surface area contributed by atoms with E-state index in [1.165, 1.54) is 25.9 Å². The minimum atomic E-state index is 0.343. The molecule has 0 aromatic carbocycles. The molecule has 2 N–H and O–H groups in total. The molecule has 0 aliphatic carbocycles. The molecular weight excluding hydrogens is 148 g/mol. The van der Waals surface area contributed by atoms with Crippen LogP contribution in [0.2, 0.25) is 0 Å². The molecule has 12 heavy (non-hydrogen) atoms. The highest BCUT2D eigenvalue weighted by Gasteiger charge is 2.26. The second kappa shape index (κ2) is 3.75. The highest BCUT2D eigenvalue weighted by atomic mass is 15.1. The first kappa shape index (κ1) is 10.0. The summed E-state index contributed by atoms with van der Waals surface area (Å²) in [5.41, 5.74) is 6.05. The van der Waals surface area contributed by atoms with Crippen LogP contribution >= 0.6 is 0 Å². The molecule has 0 spiro atoms. The van der Waals surface area contributed by atoms with E-state index in [9.17, 15) is 0 Å². The van der Waals surface area contributed by atoms with Crippen LogP contribution in [0.1, 0.15) is 26.7 Å². The smallest absolute Gasteiger partial charge is 0.000729 e. The van der Waals surface area contributed by atoms with Gasteiger partial charge in [0.2, 0.25) is 0 Å². The van der Waals surface area contributed by atoms with Gasteiger partial charge in [-0.05, 0) is 44.3 Å². The molecule has 72 valence electrons. The maximum Gasteiger partial charge on any atom is 0.000729 e. The summed E-state index contributed by atoms with van der Waals surface area (Å²) in [6, 6.07) is 0. The van der Waals surface area contributed by atoms with Gasteiger partial charge in [0.15, 0.2) is 0 Å². The van der Waals surface area contributed by atoms with Crippen molar-refractivity contribution in [2.45, 2.75) is 26.7 Å². The van der Waals surface area contributed by atoms with E-state index < -0.39 is 0 Å². The molecule has 0 amide bonds. The summed E-state index contributed by atoms with van der Waals surface area (Å²) >= 11 is 0. The summed E-state index contributed by atoms with van der Waals surface area (Å²) in [5.74, 6) is 0.883. The van der Waals surface area contributed by atoms with Crippen LogP contribution in [0.4, 0.5) is 0 Å². The Labute approximate surface area is 76.1 Å². The molecule has 0 aromatic rings. The van der Waals surface area contributed by atoms with Crippen molar-refractivity contribution in [2.24, 2.45) is 17.1 Å². The normalized spacial score (nSPS) is 26.5. The van der Waals surface area contributed by atoms with E-state index in [-0.39, 0.29) is 0 Å². The average molecular weight is 170 g/mol. The van der Waals surface area contributed by atoms with Gasteiger partial charge in [0.05, 0.1) is 0 Å². The van der Waals surface area contributed by atoms with Gasteiger partial charge in [-0.3, -0.25) is 0 Å². The lowest BCUT2D eigenvalue weighted by Crippen LogP contribution is -2.27. The summed E-state index contributed by atoms with van der Waals surface area (Å²) in [7, 11) is 2.20. The van der Waals surface area contributed by atoms with Crippen LogP contribution in [0.3, 0.4) is 0 Å². The molecule has 0 aromatic heterocycles. The fraction of sp³-hybridized carbons (Fsp3) is 1.00. The van der Waals surface area contributed by atoms with Crippen molar-refractivity contribution >= 4 is 0 Å². The zero-order valence-electron chi connectivity index (χ0n) is 8.64. The molecule has 1 atom stereocenters. The third kappa shape index (κ3) is 2.76. The van der Waals surface area contributed by atoms with Gasteiger partial charge in [-0.25, -0.2) is 0 Å². The van der Waals surface area contributed by atoms with Gasteiger partial charge in [-0.15, -0.1) is 0 Å². The fourth-order valence-corrected chi connectivity index (χ4v) is 2.06. The second-order valence-corrected chi connectivity index (χ2v) is 4.99. The first-order valence-corrected chi connectivity index (χ1v) is 4.92. The minimum Gasteiger partial charge on any atom is -0.330 e. The molecule has 2 heteroatoms. The molecule has 1 unspecified atom stereocenters. The third-order valence-electron chi connectivity index (χ3n) is 2.88. The van der Waals surface area contributed by atoms with E-state index in [2.05, 4.69) is 25.8 Å². The predicted octanol–water partition coefficient (Wildman–Crippen LogP) is 1.31. The minimum absolute atomic E-state index is 0.343. The molecule has 1 rings (SSSR count). The average Bonchev–Trinajstić information content (AvgIpc) is 2.35. The summed E-state index contributed by atoms with van der Waals surface area (Å²) in [5, 5.41) is 0. The zero-order valence-corrected chi connectivity index (χ0v) is 8.64. The van der Waals surface area contributed by atoms with Gasteiger partial charge in [-0.2, -0.15) is 0 Å². The topological polar surface area (TPSA) is 29.3 Å². The van der Waals surface area contributed by atoms with Gasteiger partial charge in [0.25, 0.3) is 0 Å². The Bertz CT molecular complexity index is 143. The summed E-state index contributed by atoms with van der Waals surface area (Å²) in [4.78, 5) is 2.41. The Morgan fingerprint density at radius 2 is 2.17 bits per heavy atom. The maximum atomic E-state index is 5.71. The molecular formula is C10H22N2. The number of hydrogen-bond acceptors (Lipinski definition) is 2. The van der Waals surface area contributed by atoms with Crippen molar-refractivity contribution < 1.29 is 0 Å². The molecule has 0 bridgehead atoms. The van der Waals surface area contributed by atoms with E-state index in [4.69, 9.17) is 5.73 Å². The van der Waals surface area contributed by atoms with E-state index >= 15 is 0 Å². The van der Waals surface area contributed by atoms with Crippen molar-refractivity contribution in [3.05, 3.63) is 0 Å². The van der Waals surface area contributed by atoms with Crippen molar-refractivity contribution in [3.8, 4) is 0 Å². The number of rotatable bonds is 3. The Morgan fingerprint density at radius 1 is 1.50 bits per heavy atom. The van der Waals surface area contributed by atoms with Gasteiger partial charge in [0, 0.05) is 6.54 Å². The van der Waals surface area contributed by atoms with Crippen LogP contribution < -0.4 is 5.73 Å². The van der Waals surface area contributed by atoms with E-state index in [0.29, 0.717) is 5.41 Å². The quantitative estimate of drug-likeness (QED) is 0.692. The van der Waals surface area contributed by atoms with Crippen LogP contribution in [0.25, 0.3) is 0 Å². The number of likely N-dealkylation sites (tertiary alicyclic amines) is 1. The van der Waals surface area contributed by atoms with Crippen LogP contribution in [-0.2, 0) is 0 Å². The van der Waals surface area contributed by atoms with Crippen LogP contribution in [0.5, 0.6) is 0 Å². The van der Waals surface area contributed by atoms with Crippen LogP contribution in [0, 0.1) is 11.3 Å². The summed E-state index contributed by atoms with van der Waals surface area (Å²) in [6.07, 6.45) is 2.65. The molecule has 1 fully saturated rings. The van der Waals surface area contributed by atoms with Crippen LogP contribution in [-0.4, -0.2) is 31.6 Å². The third-order valence-corrected chi connectivity index (χ3v) is 2.88. The fourth-order valence-electron chi connectivity index (χ4n) is 2.06. The monoisotopic (exact) mass is 170 g/mol. The molecule has 1 aliphatic rings. The zero-order chi connectivity index (χ0) is 9.19. The van der Waals surface area contributed by atoms with Crippen LogP contribution in [0.15, 0.2) is 0 Å². The van der Waals surface area contributed by atoms with Gasteiger partial charge in [-0.1, -0.05) is 13.8 Å². The van der Waals surface area contributed by atoms with Gasteiger partial charge < -0.3 is 10.6 Å². The Hall–Kier alpha value is -0.0800. The lowest BCUT2D eigenvalue weighted by molar-refractivity contribution is 0.272. The SMILES string of the molecule is CN1CCC(CC(C)(C)CN)C1. The molecule has 0 radical (unpaired) electrons. The number of hydrogen-bond donors (Lipinski definition) is 1. The van der Waals surface area contributed by atoms with Crippen molar-refractivity contribution in [1.29, 1.82) is 0 Å². The summed E-state index contributed by atoms with van der Waals surface area (Å²) in [6.45, 7) is 7.89. The van der Waals surface area contributed by atoms with Gasteiger partial charge >= 0.3 is 0 Å². The largest absolute Gasteiger partial charge is 0.330 e. The molecule has 1 saturated heterocycles. The summed E-state index contributed by atoms with van der Waals surface area (Å²) < 4.78 is 0.